The van der Waals surface area contributed by atoms with Gasteiger partial charge in [-0.1, -0.05) is 62.6 Å². The van der Waals surface area contributed by atoms with Gasteiger partial charge in [0.25, 0.3) is 0 Å². The number of allylic oxidation sites excluding steroid dienone is 1. The fourth-order valence-corrected chi connectivity index (χ4v) is 1.78. The molecule has 0 atom stereocenters. The summed E-state index contributed by atoms with van der Waals surface area (Å²) in [7, 11) is 0. The summed E-state index contributed by atoms with van der Waals surface area (Å²) in [5.74, 6) is -0.188. The van der Waals surface area contributed by atoms with Crippen LogP contribution in [-0.4, -0.2) is 12.6 Å². The Hall–Kier alpha value is -1.57. The Kier molecular flexibility index (Phi) is 7.64. The van der Waals surface area contributed by atoms with Gasteiger partial charge in [-0.2, -0.15) is 0 Å². The Balaban J connectivity index is 2.27. The topological polar surface area (TPSA) is 26.3 Å². The molecule has 0 heterocycles. The van der Waals surface area contributed by atoms with Crippen molar-refractivity contribution in [2.75, 3.05) is 6.61 Å². The molecule has 0 N–H and O–H groups in total. The summed E-state index contributed by atoms with van der Waals surface area (Å²) in [5.41, 5.74) is 1.90. The fraction of sp³-hybridized carbons (Fsp3) is 0.471. The first-order valence-electron chi connectivity index (χ1n) is 7.12. The van der Waals surface area contributed by atoms with Crippen LogP contribution < -0.4 is 0 Å². The van der Waals surface area contributed by atoms with Crippen LogP contribution in [0.5, 0.6) is 0 Å². The molecule has 0 saturated heterocycles. The number of carbonyl (C=O) groups is 1. The molecule has 0 aliphatic rings. The van der Waals surface area contributed by atoms with Gasteiger partial charge in [0, 0.05) is 5.57 Å². The van der Waals surface area contributed by atoms with E-state index in [9.17, 15) is 4.79 Å². The number of hydrogen-bond acceptors (Lipinski definition) is 2. The number of unbranched alkanes of at least 4 members (excludes halogenated alkanes) is 3. The monoisotopic (exact) mass is 260 g/mol. The van der Waals surface area contributed by atoms with E-state index < -0.39 is 0 Å². The molecule has 104 valence electrons. The molecule has 2 heteroatoms. The van der Waals surface area contributed by atoms with Crippen molar-refractivity contribution in [2.45, 2.75) is 46.0 Å². The molecule has 1 aromatic rings. The zero-order chi connectivity index (χ0) is 13.9. The Morgan fingerprint density at radius 1 is 1.16 bits per heavy atom. The second-order valence-electron chi connectivity index (χ2n) is 4.77. The molecule has 0 saturated carbocycles. The first kappa shape index (κ1) is 15.5. The molecule has 0 aromatic heterocycles. The largest absolute Gasteiger partial charge is 0.462 e. The zero-order valence-electron chi connectivity index (χ0n) is 12.0. The van der Waals surface area contributed by atoms with Crippen molar-refractivity contribution in [3.63, 3.8) is 0 Å². The van der Waals surface area contributed by atoms with Crippen LogP contribution in [0.2, 0.25) is 0 Å². The van der Waals surface area contributed by atoms with Crippen LogP contribution in [-0.2, 0) is 16.0 Å². The lowest BCUT2D eigenvalue weighted by Gasteiger charge is -2.05. The molecule has 2 nitrogen and oxygen atoms in total. The number of esters is 1. The van der Waals surface area contributed by atoms with Gasteiger partial charge in [-0.05, 0) is 25.3 Å². The van der Waals surface area contributed by atoms with Crippen molar-refractivity contribution in [3.05, 3.63) is 47.5 Å². The Morgan fingerprint density at radius 3 is 2.58 bits per heavy atom. The molecule has 0 aliphatic heterocycles. The van der Waals surface area contributed by atoms with Gasteiger partial charge in [0.2, 0.25) is 0 Å². The first-order valence-corrected chi connectivity index (χ1v) is 7.12. The standard InChI is InChI=1S/C17H24O2/c1-3-4-5-9-14-19-17(18)15(2)12-13-16-10-7-6-8-11-16/h6-8,10-12H,3-5,9,13-14H2,1-2H3. The van der Waals surface area contributed by atoms with E-state index in [1.807, 2.05) is 31.2 Å². The molecule has 0 aliphatic carbocycles. The summed E-state index contributed by atoms with van der Waals surface area (Å²) in [5, 5.41) is 0. The Morgan fingerprint density at radius 2 is 1.89 bits per heavy atom. The van der Waals surface area contributed by atoms with Gasteiger partial charge in [-0.3, -0.25) is 0 Å². The van der Waals surface area contributed by atoms with Crippen LogP contribution in [0.25, 0.3) is 0 Å². The zero-order valence-corrected chi connectivity index (χ0v) is 12.0. The average molecular weight is 260 g/mol. The van der Waals surface area contributed by atoms with E-state index in [4.69, 9.17) is 4.74 Å². The van der Waals surface area contributed by atoms with Crippen LogP contribution in [0.15, 0.2) is 42.0 Å². The second-order valence-corrected chi connectivity index (χ2v) is 4.77. The normalized spacial score (nSPS) is 11.4. The summed E-state index contributed by atoms with van der Waals surface area (Å²) >= 11 is 0. The van der Waals surface area contributed by atoms with Gasteiger partial charge in [0.15, 0.2) is 0 Å². The lowest BCUT2D eigenvalue weighted by molar-refractivity contribution is -0.139. The minimum absolute atomic E-state index is 0.188. The average Bonchev–Trinajstić information content (AvgIpc) is 2.45. The molecule has 0 unspecified atom stereocenters. The second kappa shape index (κ2) is 9.37. The number of ether oxygens (including phenoxy) is 1. The van der Waals surface area contributed by atoms with Crippen LogP contribution >= 0.6 is 0 Å². The molecule has 0 bridgehead atoms. The van der Waals surface area contributed by atoms with Gasteiger partial charge < -0.3 is 4.74 Å². The summed E-state index contributed by atoms with van der Waals surface area (Å²) in [6, 6.07) is 10.1. The quantitative estimate of drug-likeness (QED) is 0.396. The highest BCUT2D eigenvalue weighted by Crippen LogP contribution is 2.05. The lowest BCUT2D eigenvalue weighted by Crippen LogP contribution is -2.07. The third kappa shape index (κ3) is 6.80. The van der Waals surface area contributed by atoms with Crippen molar-refractivity contribution < 1.29 is 9.53 Å². The SMILES string of the molecule is CCCCCCOC(=O)C(C)=CCc1ccccc1. The maximum Gasteiger partial charge on any atom is 0.333 e. The molecule has 1 aromatic carbocycles. The van der Waals surface area contributed by atoms with E-state index in [1.54, 1.807) is 0 Å². The van der Waals surface area contributed by atoms with Gasteiger partial charge in [0.1, 0.15) is 0 Å². The highest BCUT2D eigenvalue weighted by molar-refractivity contribution is 5.87. The highest BCUT2D eigenvalue weighted by atomic mass is 16.5. The van der Waals surface area contributed by atoms with Gasteiger partial charge in [-0.25, -0.2) is 4.79 Å². The molecule has 0 amide bonds. The fourth-order valence-electron chi connectivity index (χ4n) is 1.78. The molecule has 1 rings (SSSR count). The van der Waals surface area contributed by atoms with E-state index in [2.05, 4.69) is 19.1 Å². The summed E-state index contributed by atoms with van der Waals surface area (Å²) in [6.07, 6.45) is 7.22. The van der Waals surface area contributed by atoms with Crippen molar-refractivity contribution in [3.8, 4) is 0 Å². The van der Waals surface area contributed by atoms with Crippen LogP contribution in [0, 0.1) is 0 Å². The lowest BCUT2D eigenvalue weighted by atomic mass is 10.1. The predicted octanol–water partition coefficient (Wildman–Crippen LogP) is 4.30. The molecule has 0 spiro atoms. The van der Waals surface area contributed by atoms with Gasteiger partial charge in [0.05, 0.1) is 6.61 Å². The van der Waals surface area contributed by atoms with Crippen LogP contribution in [0.3, 0.4) is 0 Å². The number of rotatable bonds is 8. The molecular weight excluding hydrogens is 236 g/mol. The highest BCUT2D eigenvalue weighted by Gasteiger charge is 2.04. The maximum atomic E-state index is 11.7. The van der Waals surface area contributed by atoms with Crippen LogP contribution in [0.1, 0.15) is 45.1 Å². The van der Waals surface area contributed by atoms with Crippen molar-refractivity contribution >= 4 is 5.97 Å². The van der Waals surface area contributed by atoms with E-state index in [0.29, 0.717) is 12.2 Å². The minimum Gasteiger partial charge on any atom is -0.462 e. The molecule has 19 heavy (non-hydrogen) atoms. The third-order valence-electron chi connectivity index (χ3n) is 3.04. The third-order valence-corrected chi connectivity index (χ3v) is 3.04. The van der Waals surface area contributed by atoms with Gasteiger partial charge in [-0.15, -0.1) is 0 Å². The Bertz CT molecular complexity index is 393. The summed E-state index contributed by atoms with van der Waals surface area (Å²) in [4.78, 5) is 11.7. The Labute approximate surface area is 116 Å². The molecule has 0 fully saturated rings. The van der Waals surface area contributed by atoms with E-state index in [0.717, 1.165) is 19.3 Å². The molecular formula is C17H24O2. The van der Waals surface area contributed by atoms with E-state index in [1.165, 1.54) is 18.4 Å². The van der Waals surface area contributed by atoms with E-state index in [-0.39, 0.29) is 5.97 Å². The maximum absolute atomic E-state index is 11.7. The smallest absolute Gasteiger partial charge is 0.333 e. The van der Waals surface area contributed by atoms with Crippen molar-refractivity contribution in [2.24, 2.45) is 0 Å². The van der Waals surface area contributed by atoms with Crippen molar-refractivity contribution in [1.82, 2.24) is 0 Å². The van der Waals surface area contributed by atoms with E-state index >= 15 is 0 Å². The number of carbonyl (C=O) groups excluding carboxylic acids is 1. The number of hydrogen-bond donors (Lipinski definition) is 0. The van der Waals surface area contributed by atoms with Crippen molar-refractivity contribution in [1.29, 1.82) is 0 Å². The van der Waals surface area contributed by atoms with Crippen LogP contribution in [0.4, 0.5) is 0 Å². The minimum atomic E-state index is -0.188. The summed E-state index contributed by atoms with van der Waals surface area (Å²) < 4.78 is 5.23. The number of benzene rings is 1. The summed E-state index contributed by atoms with van der Waals surface area (Å²) in [6.45, 7) is 4.52. The van der Waals surface area contributed by atoms with Gasteiger partial charge >= 0.3 is 5.97 Å². The predicted molar refractivity (Wildman–Crippen MR) is 79.0 cm³/mol. The first-order chi connectivity index (χ1) is 9.24. The molecule has 0 radical (unpaired) electrons.